The number of benzene rings is 2. The summed E-state index contributed by atoms with van der Waals surface area (Å²) in [6.45, 7) is 6.15. The number of carbonyl (C=O) groups excluding carboxylic acids is 2. The molecule has 0 spiro atoms. The molecule has 2 aromatic rings. The van der Waals surface area contributed by atoms with Gasteiger partial charge in [0.1, 0.15) is 5.75 Å². The lowest BCUT2D eigenvalue weighted by atomic mass is 9.98. The Labute approximate surface area is 168 Å². The number of likely N-dealkylation sites (N-methyl/N-ethyl adjacent to an activating group) is 1. The van der Waals surface area contributed by atoms with E-state index >= 15 is 0 Å². The highest BCUT2D eigenvalue weighted by molar-refractivity contribution is 9.10. The van der Waals surface area contributed by atoms with Gasteiger partial charge in [0.2, 0.25) is 5.91 Å². The topological polar surface area (TPSA) is 58.6 Å². The van der Waals surface area contributed by atoms with Crippen LogP contribution in [0, 0.1) is 6.92 Å². The van der Waals surface area contributed by atoms with Gasteiger partial charge in [0, 0.05) is 11.5 Å². The molecule has 0 aliphatic heterocycles. The van der Waals surface area contributed by atoms with Crippen LogP contribution in [0.3, 0.4) is 0 Å². The van der Waals surface area contributed by atoms with Gasteiger partial charge >= 0.3 is 0 Å². The number of nitrogens with one attached hydrogen (secondary N) is 1. The molecule has 5 nitrogen and oxygen atoms in total. The van der Waals surface area contributed by atoms with E-state index in [9.17, 15) is 9.59 Å². The lowest BCUT2D eigenvalue weighted by Gasteiger charge is -2.18. The summed E-state index contributed by atoms with van der Waals surface area (Å²) in [6.07, 6.45) is 0. The fourth-order valence-corrected chi connectivity index (χ4v) is 3.08. The number of rotatable bonds is 7. The third-order valence-electron chi connectivity index (χ3n) is 4.18. The molecule has 1 N–H and O–H groups in total. The maximum Gasteiger partial charge on any atom is 0.260 e. The first-order valence-corrected chi connectivity index (χ1v) is 9.59. The second-order valence-electron chi connectivity index (χ2n) is 6.74. The Morgan fingerprint density at radius 3 is 2.52 bits per heavy atom. The van der Waals surface area contributed by atoms with Crippen molar-refractivity contribution in [2.24, 2.45) is 0 Å². The maximum absolute atomic E-state index is 12.2. The first-order valence-electron chi connectivity index (χ1n) is 8.79. The van der Waals surface area contributed by atoms with Gasteiger partial charge in [-0.3, -0.25) is 9.59 Å². The van der Waals surface area contributed by atoms with Gasteiger partial charge in [0.05, 0.1) is 12.2 Å². The SMILES string of the molecule is Cc1cc(OCC(=O)N(C)CC(=O)Nc2ccccc2Br)ccc1C(C)C. The Morgan fingerprint density at radius 2 is 1.89 bits per heavy atom. The van der Waals surface area contributed by atoms with Crippen LogP contribution in [0.25, 0.3) is 0 Å². The van der Waals surface area contributed by atoms with Gasteiger partial charge in [-0.2, -0.15) is 0 Å². The summed E-state index contributed by atoms with van der Waals surface area (Å²) in [5.41, 5.74) is 3.06. The van der Waals surface area contributed by atoms with Crippen molar-refractivity contribution < 1.29 is 14.3 Å². The molecule has 0 aliphatic rings. The summed E-state index contributed by atoms with van der Waals surface area (Å²) in [5, 5.41) is 2.77. The van der Waals surface area contributed by atoms with Crippen molar-refractivity contribution in [1.29, 1.82) is 0 Å². The molecule has 27 heavy (non-hydrogen) atoms. The number of nitrogens with zero attached hydrogens (tertiary/aromatic N) is 1. The highest BCUT2D eigenvalue weighted by atomic mass is 79.9. The van der Waals surface area contributed by atoms with Crippen LogP contribution in [-0.4, -0.2) is 36.9 Å². The van der Waals surface area contributed by atoms with Crippen LogP contribution in [0.5, 0.6) is 5.75 Å². The van der Waals surface area contributed by atoms with E-state index in [1.807, 2.05) is 43.3 Å². The van der Waals surface area contributed by atoms with Crippen molar-refractivity contribution in [3.63, 3.8) is 0 Å². The zero-order chi connectivity index (χ0) is 20.0. The number of aryl methyl sites for hydroxylation is 1. The summed E-state index contributed by atoms with van der Waals surface area (Å²) in [5.74, 6) is 0.559. The monoisotopic (exact) mass is 432 g/mol. The standard InChI is InChI=1S/C21H25BrN2O3/c1-14(2)17-10-9-16(11-15(17)3)27-13-21(26)24(4)12-20(25)23-19-8-6-5-7-18(19)22/h5-11,14H,12-13H2,1-4H3,(H,23,25). The van der Waals surface area contributed by atoms with E-state index in [0.29, 0.717) is 17.4 Å². The van der Waals surface area contributed by atoms with Crippen LogP contribution in [0.2, 0.25) is 0 Å². The summed E-state index contributed by atoms with van der Waals surface area (Å²) in [6, 6.07) is 13.1. The summed E-state index contributed by atoms with van der Waals surface area (Å²) < 4.78 is 6.38. The van der Waals surface area contributed by atoms with E-state index in [2.05, 4.69) is 35.1 Å². The van der Waals surface area contributed by atoms with E-state index in [-0.39, 0.29) is 25.0 Å². The zero-order valence-corrected chi connectivity index (χ0v) is 17.7. The third kappa shape index (κ3) is 6.10. The van der Waals surface area contributed by atoms with E-state index in [4.69, 9.17) is 4.74 Å². The average molecular weight is 433 g/mol. The second-order valence-corrected chi connectivity index (χ2v) is 7.59. The lowest BCUT2D eigenvalue weighted by Crippen LogP contribution is -2.37. The number of halogens is 1. The van der Waals surface area contributed by atoms with Gasteiger partial charge < -0.3 is 15.0 Å². The van der Waals surface area contributed by atoms with E-state index in [0.717, 1.165) is 10.0 Å². The number of hydrogen-bond donors (Lipinski definition) is 1. The van der Waals surface area contributed by atoms with Crippen molar-refractivity contribution in [2.75, 3.05) is 25.5 Å². The van der Waals surface area contributed by atoms with Crippen LogP contribution in [0.1, 0.15) is 30.9 Å². The molecule has 0 heterocycles. The fraction of sp³-hybridized carbons (Fsp3) is 0.333. The predicted octanol–water partition coefficient (Wildman–Crippen LogP) is 4.36. The molecular formula is C21H25BrN2O3. The molecule has 0 aromatic heterocycles. The highest BCUT2D eigenvalue weighted by Crippen LogP contribution is 2.23. The second kappa shape index (κ2) is 9.55. The largest absolute Gasteiger partial charge is 0.484 e. The van der Waals surface area contributed by atoms with Gasteiger partial charge in [-0.15, -0.1) is 0 Å². The molecule has 2 aromatic carbocycles. The van der Waals surface area contributed by atoms with Crippen molar-refractivity contribution in [3.8, 4) is 5.75 Å². The maximum atomic E-state index is 12.2. The Balaban J connectivity index is 1.86. The minimum Gasteiger partial charge on any atom is -0.484 e. The van der Waals surface area contributed by atoms with Gasteiger partial charge in [-0.1, -0.05) is 32.0 Å². The zero-order valence-electron chi connectivity index (χ0n) is 16.1. The molecule has 2 rings (SSSR count). The lowest BCUT2D eigenvalue weighted by molar-refractivity contribution is -0.135. The average Bonchev–Trinajstić information content (AvgIpc) is 2.61. The number of amides is 2. The molecule has 0 aliphatic carbocycles. The van der Waals surface area contributed by atoms with E-state index < -0.39 is 0 Å². The van der Waals surface area contributed by atoms with Crippen LogP contribution in [0.4, 0.5) is 5.69 Å². The number of ether oxygens (including phenoxy) is 1. The molecule has 0 bridgehead atoms. The smallest absolute Gasteiger partial charge is 0.260 e. The minimum absolute atomic E-state index is 0.0468. The number of carbonyl (C=O) groups is 2. The normalized spacial score (nSPS) is 10.6. The van der Waals surface area contributed by atoms with E-state index in [1.165, 1.54) is 10.5 Å². The molecule has 0 radical (unpaired) electrons. The molecule has 0 atom stereocenters. The molecule has 2 amide bonds. The van der Waals surface area contributed by atoms with Crippen molar-refractivity contribution >= 4 is 33.4 Å². The first kappa shape index (κ1) is 21.0. The van der Waals surface area contributed by atoms with Crippen LogP contribution in [0.15, 0.2) is 46.9 Å². The number of para-hydroxylation sites is 1. The van der Waals surface area contributed by atoms with Crippen LogP contribution in [-0.2, 0) is 9.59 Å². The molecule has 0 saturated heterocycles. The van der Waals surface area contributed by atoms with Crippen LogP contribution < -0.4 is 10.1 Å². The van der Waals surface area contributed by atoms with Crippen molar-refractivity contribution in [2.45, 2.75) is 26.7 Å². The molecule has 6 heteroatoms. The molecule has 0 unspecified atom stereocenters. The summed E-state index contributed by atoms with van der Waals surface area (Å²) in [7, 11) is 1.58. The third-order valence-corrected chi connectivity index (χ3v) is 4.87. The number of anilines is 1. The van der Waals surface area contributed by atoms with Gasteiger partial charge in [0.15, 0.2) is 6.61 Å². The van der Waals surface area contributed by atoms with Crippen molar-refractivity contribution in [3.05, 3.63) is 58.1 Å². The number of hydrogen-bond acceptors (Lipinski definition) is 3. The summed E-state index contributed by atoms with van der Waals surface area (Å²) in [4.78, 5) is 25.7. The van der Waals surface area contributed by atoms with Crippen molar-refractivity contribution in [1.82, 2.24) is 4.90 Å². The predicted molar refractivity (Wildman–Crippen MR) is 111 cm³/mol. The Kier molecular flexibility index (Phi) is 7.42. The van der Waals surface area contributed by atoms with Crippen LogP contribution >= 0.6 is 15.9 Å². The molecule has 0 fully saturated rings. The quantitative estimate of drug-likeness (QED) is 0.706. The highest BCUT2D eigenvalue weighted by Gasteiger charge is 2.15. The Hall–Kier alpha value is -2.34. The van der Waals surface area contributed by atoms with Gasteiger partial charge in [0.25, 0.3) is 5.91 Å². The fourth-order valence-electron chi connectivity index (χ4n) is 2.70. The Bertz CT molecular complexity index is 821. The van der Waals surface area contributed by atoms with Gasteiger partial charge in [-0.05, 0) is 64.2 Å². The molecular weight excluding hydrogens is 408 g/mol. The van der Waals surface area contributed by atoms with E-state index in [1.54, 1.807) is 13.1 Å². The molecule has 0 saturated carbocycles. The minimum atomic E-state index is -0.269. The van der Waals surface area contributed by atoms with Gasteiger partial charge in [-0.25, -0.2) is 0 Å². The summed E-state index contributed by atoms with van der Waals surface area (Å²) >= 11 is 3.38. The molecule has 144 valence electrons. The Morgan fingerprint density at radius 1 is 1.19 bits per heavy atom. The first-order chi connectivity index (χ1) is 12.8.